The molecule has 2 rings (SSSR count). The van der Waals surface area contributed by atoms with Crippen LogP contribution >= 0.6 is 15.9 Å². The molecule has 1 atom stereocenters. The van der Waals surface area contributed by atoms with Crippen LogP contribution in [-0.4, -0.2) is 15.1 Å². The molecule has 0 saturated carbocycles. The molecule has 90 valence electrons. The number of hydrogen-bond donors (Lipinski definition) is 1. The van der Waals surface area contributed by atoms with Gasteiger partial charge >= 0.3 is 0 Å². The Hall–Kier alpha value is -1.27. The first-order valence-electron chi connectivity index (χ1n) is 5.28. The Labute approximate surface area is 108 Å². The van der Waals surface area contributed by atoms with Gasteiger partial charge in [-0.3, -0.25) is 4.98 Å². The average molecular weight is 297 g/mol. The first-order chi connectivity index (χ1) is 8.08. The van der Waals surface area contributed by atoms with Crippen LogP contribution < -0.4 is 5.73 Å². The van der Waals surface area contributed by atoms with E-state index in [1.54, 1.807) is 12.4 Å². The molecule has 0 amide bonds. The van der Waals surface area contributed by atoms with Crippen molar-refractivity contribution in [2.24, 2.45) is 11.7 Å². The van der Waals surface area contributed by atoms with E-state index in [0.717, 1.165) is 10.0 Å². The van der Waals surface area contributed by atoms with E-state index in [-0.39, 0.29) is 12.0 Å². The highest BCUT2D eigenvalue weighted by Gasteiger charge is 2.18. The number of hydrogen-bond acceptors (Lipinski definition) is 5. The molecule has 0 unspecified atom stereocenters. The van der Waals surface area contributed by atoms with Gasteiger partial charge in [-0.1, -0.05) is 19.0 Å². The van der Waals surface area contributed by atoms with Gasteiger partial charge < -0.3 is 10.3 Å². The number of rotatable bonds is 3. The number of nitrogens with zero attached hydrogens (tertiary/aromatic N) is 3. The first kappa shape index (κ1) is 12.2. The second kappa shape index (κ2) is 4.93. The molecule has 0 aliphatic heterocycles. The summed E-state index contributed by atoms with van der Waals surface area (Å²) in [5, 5.41) is 3.90. The highest BCUT2D eigenvalue weighted by molar-refractivity contribution is 9.10. The van der Waals surface area contributed by atoms with Crippen LogP contribution in [0.1, 0.15) is 25.8 Å². The topological polar surface area (TPSA) is 77.8 Å². The second-order valence-corrected chi connectivity index (χ2v) is 5.03. The Morgan fingerprint density at radius 2 is 2.12 bits per heavy atom. The lowest BCUT2D eigenvalue weighted by atomic mass is 10.1. The van der Waals surface area contributed by atoms with E-state index in [2.05, 4.69) is 31.1 Å². The lowest BCUT2D eigenvalue weighted by Crippen LogP contribution is -2.16. The van der Waals surface area contributed by atoms with Crippen molar-refractivity contribution in [1.82, 2.24) is 15.1 Å². The molecule has 0 aliphatic carbocycles. The van der Waals surface area contributed by atoms with Gasteiger partial charge in [-0.25, -0.2) is 0 Å². The number of halogens is 1. The van der Waals surface area contributed by atoms with Gasteiger partial charge in [0.25, 0.3) is 0 Å². The lowest BCUT2D eigenvalue weighted by molar-refractivity contribution is 0.325. The summed E-state index contributed by atoms with van der Waals surface area (Å²) in [4.78, 5) is 8.33. The zero-order chi connectivity index (χ0) is 12.4. The van der Waals surface area contributed by atoms with E-state index in [1.165, 1.54) is 0 Å². The van der Waals surface area contributed by atoms with Gasteiger partial charge in [-0.15, -0.1) is 0 Å². The Morgan fingerprint density at radius 3 is 2.76 bits per heavy atom. The summed E-state index contributed by atoms with van der Waals surface area (Å²) in [7, 11) is 0. The molecule has 2 aromatic rings. The Balaban J connectivity index is 2.30. The second-order valence-electron chi connectivity index (χ2n) is 4.12. The van der Waals surface area contributed by atoms with Crippen LogP contribution in [0.15, 0.2) is 27.5 Å². The summed E-state index contributed by atoms with van der Waals surface area (Å²) >= 11 is 3.35. The Bertz CT molecular complexity index is 512. The molecule has 0 fully saturated rings. The van der Waals surface area contributed by atoms with Gasteiger partial charge in [0.15, 0.2) is 0 Å². The minimum Gasteiger partial charge on any atom is -0.337 e. The number of aromatic nitrogens is 3. The van der Waals surface area contributed by atoms with E-state index in [0.29, 0.717) is 11.7 Å². The molecule has 5 nitrogen and oxygen atoms in total. The summed E-state index contributed by atoms with van der Waals surface area (Å²) in [6.45, 7) is 4.02. The monoisotopic (exact) mass is 296 g/mol. The third kappa shape index (κ3) is 2.70. The minimum atomic E-state index is -0.239. The van der Waals surface area contributed by atoms with Crippen molar-refractivity contribution in [2.45, 2.75) is 19.9 Å². The van der Waals surface area contributed by atoms with Crippen LogP contribution in [-0.2, 0) is 0 Å². The fourth-order valence-corrected chi connectivity index (χ4v) is 1.67. The SMILES string of the molecule is CC(C)[C@H](N)c1nc(-c2cncc(Br)c2)no1. The fourth-order valence-electron chi connectivity index (χ4n) is 1.31. The predicted molar refractivity (Wildman–Crippen MR) is 67.0 cm³/mol. The third-order valence-electron chi connectivity index (χ3n) is 2.41. The first-order valence-corrected chi connectivity index (χ1v) is 6.07. The highest BCUT2D eigenvalue weighted by Crippen LogP contribution is 2.22. The normalized spacial score (nSPS) is 13.0. The van der Waals surface area contributed by atoms with Crippen molar-refractivity contribution in [3.8, 4) is 11.4 Å². The summed E-state index contributed by atoms with van der Waals surface area (Å²) < 4.78 is 6.02. The van der Waals surface area contributed by atoms with Crippen molar-refractivity contribution in [3.05, 3.63) is 28.8 Å². The fraction of sp³-hybridized carbons (Fsp3) is 0.364. The van der Waals surface area contributed by atoms with Crippen molar-refractivity contribution < 1.29 is 4.52 Å². The van der Waals surface area contributed by atoms with Crippen LogP contribution in [0, 0.1) is 5.92 Å². The molecule has 6 heteroatoms. The average Bonchev–Trinajstić information content (AvgIpc) is 2.77. The van der Waals surface area contributed by atoms with E-state index in [1.807, 2.05) is 19.9 Å². The van der Waals surface area contributed by atoms with Gasteiger partial charge in [0.1, 0.15) is 0 Å². The maximum Gasteiger partial charge on any atom is 0.244 e. The molecule has 0 radical (unpaired) electrons. The van der Waals surface area contributed by atoms with Crippen molar-refractivity contribution in [1.29, 1.82) is 0 Å². The zero-order valence-corrected chi connectivity index (χ0v) is 11.2. The molecule has 0 spiro atoms. The Kier molecular flexibility index (Phi) is 3.54. The molecule has 0 saturated heterocycles. The van der Waals surface area contributed by atoms with E-state index in [9.17, 15) is 0 Å². The number of nitrogens with two attached hydrogens (primary N) is 1. The van der Waals surface area contributed by atoms with Crippen LogP contribution in [0.25, 0.3) is 11.4 Å². The quantitative estimate of drug-likeness (QED) is 0.942. The van der Waals surface area contributed by atoms with Crippen molar-refractivity contribution >= 4 is 15.9 Å². The Morgan fingerprint density at radius 1 is 1.35 bits per heavy atom. The molecule has 2 heterocycles. The largest absolute Gasteiger partial charge is 0.337 e. The summed E-state index contributed by atoms with van der Waals surface area (Å²) in [5.41, 5.74) is 6.73. The van der Waals surface area contributed by atoms with Gasteiger partial charge in [-0.05, 0) is 27.9 Å². The highest BCUT2D eigenvalue weighted by atomic mass is 79.9. The maximum atomic E-state index is 5.94. The van der Waals surface area contributed by atoms with Crippen LogP contribution in [0.4, 0.5) is 0 Å². The van der Waals surface area contributed by atoms with Gasteiger partial charge in [0.05, 0.1) is 6.04 Å². The lowest BCUT2D eigenvalue weighted by Gasteiger charge is -2.09. The third-order valence-corrected chi connectivity index (χ3v) is 2.84. The predicted octanol–water partition coefficient (Wildman–Crippen LogP) is 2.55. The zero-order valence-electron chi connectivity index (χ0n) is 9.59. The van der Waals surface area contributed by atoms with Crippen LogP contribution in [0.5, 0.6) is 0 Å². The van der Waals surface area contributed by atoms with Gasteiger partial charge in [-0.2, -0.15) is 4.98 Å². The number of pyridine rings is 1. The van der Waals surface area contributed by atoms with Crippen LogP contribution in [0.2, 0.25) is 0 Å². The molecule has 2 aromatic heterocycles. The summed E-state index contributed by atoms with van der Waals surface area (Å²) in [5.74, 6) is 1.21. The van der Waals surface area contributed by atoms with E-state index < -0.39 is 0 Å². The molecule has 17 heavy (non-hydrogen) atoms. The van der Waals surface area contributed by atoms with E-state index >= 15 is 0 Å². The molecular formula is C11H13BrN4O. The molecule has 2 N–H and O–H groups in total. The van der Waals surface area contributed by atoms with E-state index in [4.69, 9.17) is 10.3 Å². The smallest absolute Gasteiger partial charge is 0.244 e. The summed E-state index contributed by atoms with van der Waals surface area (Å²) in [6.07, 6.45) is 3.38. The molecule has 0 aliphatic rings. The van der Waals surface area contributed by atoms with Gasteiger partial charge in [0.2, 0.25) is 11.7 Å². The minimum absolute atomic E-state index is 0.239. The van der Waals surface area contributed by atoms with Gasteiger partial charge in [0, 0.05) is 22.4 Å². The van der Waals surface area contributed by atoms with Crippen molar-refractivity contribution in [3.63, 3.8) is 0 Å². The standard InChI is InChI=1S/C11H13BrN4O/c1-6(2)9(13)11-15-10(16-17-11)7-3-8(12)5-14-4-7/h3-6,9H,13H2,1-2H3/t9-/m0/s1. The van der Waals surface area contributed by atoms with Crippen molar-refractivity contribution in [2.75, 3.05) is 0 Å². The summed E-state index contributed by atoms with van der Waals surface area (Å²) in [6, 6.07) is 1.64. The molecular weight excluding hydrogens is 284 g/mol. The maximum absolute atomic E-state index is 5.94. The molecule has 0 aromatic carbocycles. The van der Waals surface area contributed by atoms with Crippen LogP contribution in [0.3, 0.4) is 0 Å². The molecule has 0 bridgehead atoms.